The summed E-state index contributed by atoms with van der Waals surface area (Å²) in [5.74, 6) is 1.53. The molecule has 0 amide bonds. The lowest BCUT2D eigenvalue weighted by Gasteiger charge is -2.06. The number of hydrogen-bond acceptors (Lipinski definition) is 3. The minimum Gasteiger partial charge on any atom is -0.398 e. The van der Waals surface area contributed by atoms with Crippen molar-refractivity contribution >= 4 is 40.8 Å². The van der Waals surface area contributed by atoms with Gasteiger partial charge < -0.3 is 5.73 Å². The molecule has 1 nitrogen and oxygen atoms in total. The van der Waals surface area contributed by atoms with Crippen molar-refractivity contribution in [2.24, 2.45) is 0 Å². The summed E-state index contributed by atoms with van der Waals surface area (Å²) in [6.07, 6.45) is 0. The smallest absolute Gasteiger partial charge is 0.136 e. The second-order valence-electron chi connectivity index (χ2n) is 3.81. The molecule has 0 aromatic heterocycles. The van der Waals surface area contributed by atoms with Crippen molar-refractivity contribution in [1.82, 2.24) is 0 Å². The summed E-state index contributed by atoms with van der Waals surface area (Å²) in [6.45, 7) is 0. The van der Waals surface area contributed by atoms with Gasteiger partial charge in [-0.15, -0.1) is 23.5 Å². The lowest BCUT2D eigenvalue weighted by Crippen LogP contribution is -1.91. The van der Waals surface area contributed by atoms with Crippen LogP contribution in [0.3, 0.4) is 0 Å². The van der Waals surface area contributed by atoms with E-state index >= 15 is 0 Å². The van der Waals surface area contributed by atoms with Crippen LogP contribution >= 0.6 is 35.1 Å². The Bertz CT molecular complexity index is 563. The first kappa shape index (κ1) is 14.6. The van der Waals surface area contributed by atoms with Gasteiger partial charge in [0.1, 0.15) is 5.82 Å². The van der Waals surface area contributed by atoms with Crippen LogP contribution in [0.1, 0.15) is 0 Å². The largest absolute Gasteiger partial charge is 0.398 e. The normalized spacial score (nSPS) is 10.6. The zero-order chi connectivity index (χ0) is 13.7. The minimum absolute atomic E-state index is 0.163. The molecule has 0 aliphatic carbocycles. The van der Waals surface area contributed by atoms with Gasteiger partial charge in [0.15, 0.2) is 0 Å². The Hall–Kier alpha value is -0.840. The van der Waals surface area contributed by atoms with Crippen molar-refractivity contribution in [3.63, 3.8) is 0 Å². The van der Waals surface area contributed by atoms with Crippen molar-refractivity contribution in [2.45, 2.75) is 9.79 Å². The molecule has 0 bridgehead atoms. The first-order valence-electron chi connectivity index (χ1n) is 5.72. The maximum atomic E-state index is 13.4. The first-order valence-corrected chi connectivity index (χ1v) is 8.07. The Morgan fingerprint density at radius 2 is 1.68 bits per heavy atom. The molecule has 100 valence electrons. The molecule has 2 aromatic carbocycles. The second kappa shape index (κ2) is 7.08. The van der Waals surface area contributed by atoms with E-state index in [-0.39, 0.29) is 5.82 Å². The van der Waals surface area contributed by atoms with Gasteiger partial charge in [0, 0.05) is 32.0 Å². The monoisotopic (exact) mass is 313 g/mol. The summed E-state index contributed by atoms with van der Waals surface area (Å²) < 4.78 is 13.4. The predicted molar refractivity (Wildman–Crippen MR) is 83.7 cm³/mol. The fourth-order valence-corrected chi connectivity index (χ4v) is 3.57. The Kier molecular flexibility index (Phi) is 5.43. The van der Waals surface area contributed by atoms with Gasteiger partial charge in [-0.1, -0.05) is 23.7 Å². The lowest BCUT2D eigenvalue weighted by molar-refractivity contribution is 0.602. The van der Waals surface area contributed by atoms with Gasteiger partial charge in [-0.3, -0.25) is 0 Å². The van der Waals surface area contributed by atoms with E-state index in [1.807, 2.05) is 18.2 Å². The predicted octanol–water partition coefficient (Wildman–Crippen LogP) is 4.95. The van der Waals surface area contributed by atoms with Crippen molar-refractivity contribution in [1.29, 1.82) is 0 Å². The number of anilines is 1. The molecule has 0 aliphatic rings. The fourth-order valence-electron chi connectivity index (χ4n) is 1.52. The summed E-state index contributed by atoms with van der Waals surface area (Å²) in [7, 11) is 0. The number of halogens is 2. The van der Waals surface area contributed by atoms with Gasteiger partial charge in [0.2, 0.25) is 0 Å². The molecule has 0 unspecified atom stereocenters. The van der Waals surface area contributed by atoms with Crippen molar-refractivity contribution in [3.8, 4) is 0 Å². The van der Waals surface area contributed by atoms with Gasteiger partial charge in [0.25, 0.3) is 0 Å². The molecule has 19 heavy (non-hydrogen) atoms. The second-order valence-corrected chi connectivity index (χ2v) is 6.52. The standard InChI is InChI=1S/C14H13ClFNS2/c15-10-5-6-14(12(17)9-10)19-8-7-18-13-4-2-1-3-11(13)16/h1-6,9H,7-8,17H2. The first-order chi connectivity index (χ1) is 9.16. The number of thioether (sulfide) groups is 2. The highest BCUT2D eigenvalue weighted by Gasteiger charge is 2.03. The average Bonchev–Trinajstić information content (AvgIpc) is 2.38. The number of nitrogen functional groups attached to an aromatic ring is 1. The van der Waals surface area contributed by atoms with E-state index in [4.69, 9.17) is 17.3 Å². The van der Waals surface area contributed by atoms with Crippen LogP contribution in [0, 0.1) is 5.82 Å². The summed E-state index contributed by atoms with van der Waals surface area (Å²) in [4.78, 5) is 1.70. The molecular weight excluding hydrogens is 301 g/mol. The van der Waals surface area contributed by atoms with E-state index in [2.05, 4.69) is 0 Å². The van der Waals surface area contributed by atoms with Gasteiger partial charge in [-0.25, -0.2) is 4.39 Å². The highest BCUT2D eigenvalue weighted by Crippen LogP contribution is 2.29. The van der Waals surface area contributed by atoms with Crippen molar-refractivity contribution < 1.29 is 4.39 Å². The molecule has 0 aliphatic heterocycles. The molecule has 2 rings (SSSR count). The van der Waals surface area contributed by atoms with Crippen LogP contribution in [0.15, 0.2) is 52.3 Å². The van der Waals surface area contributed by atoms with Crippen molar-refractivity contribution in [3.05, 3.63) is 53.3 Å². The molecule has 0 saturated carbocycles. The molecule has 2 N–H and O–H groups in total. The van der Waals surface area contributed by atoms with Gasteiger partial charge in [-0.05, 0) is 30.3 Å². The molecule has 0 heterocycles. The van der Waals surface area contributed by atoms with Gasteiger partial charge in [-0.2, -0.15) is 0 Å². The third kappa shape index (κ3) is 4.34. The van der Waals surface area contributed by atoms with Gasteiger partial charge >= 0.3 is 0 Å². The van der Waals surface area contributed by atoms with Crippen LogP contribution in [-0.4, -0.2) is 11.5 Å². The average molecular weight is 314 g/mol. The van der Waals surface area contributed by atoms with E-state index in [1.54, 1.807) is 30.0 Å². The quantitative estimate of drug-likeness (QED) is 0.481. The lowest BCUT2D eigenvalue weighted by atomic mass is 10.3. The van der Waals surface area contributed by atoms with E-state index in [9.17, 15) is 4.39 Å². The summed E-state index contributed by atoms with van der Waals surface area (Å²) >= 11 is 9.01. The summed E-state index contributed by atoms with van der Waals surface area (Å²) in [6, 6.07) is 12.3. The van der Waals surface area contributed by atoms with Crippen LogP contribution in [-0.2, 0) is 0 Å². The van der Waals surface area contributed by atoms with Crippen LogP contribution in [0.5, 0.6) is 0 Å². The summed E-state index contributed by atoms with van der Waals surface area (Å²) in [5.41, 5.74) is 6.56. The number of hydrogen-bond donors (Lipinski definition) is 1. The number of rotatable bonds is 5. The zero-order valence-electron chi connectivity index (χ0n) is 10.1. The van der Waals surface area contributed by atoms with Crippen LogP contribution in [0.4, 0.5) is 10.1 Å². The van der Waals surface area contributed by atoms with Gasteiger partial charge in [0.05, 0.1) is 0 Å². The third-order valence-electron chi connectivity index (χ3n) is 2.41. The number of nitrogens with two attached hydrogens (primary N) is 1. The Balaban J connectivity index is 1.83. The molecule has 0 atom stereocenters. The van der Waals surface area contributed by atoms with Crippen LogP contribution in [0.2, 0.25) is 5.02 Å². The molecule has 0 spiro atoms. The molecular formula is C14H13ClFNS2. The maximum Gasteiger partial charge on any atom is 0.136 e. The Morgan fingerprint density at radius 3 is 2.37 bits per heavy atom. The SMILES string of the molecule is Nc1cc(Cl)ccc1SCCSc1ccccc1F. The van der Waals surface area contributed by atoms with E-state index in [1.165, 1.54) is 17.8 Å². The Labute approximate surface area is 125 Å². The molecule has 0 saturated heterocycles. The number of benzene rings is 2. The molecule has 0 radical (unpaired) electrons. The topological polar surface area (TPSA) is 26.0 Å². The maximum absolute atomic E-state index is 13.4. The molecule has 2 aromatic rings. The van der Waals surface area contributed by atoms with E-state index < -0.39 is 0 Å². The molecule has 5 heteroatoms. The van der Waals surface area contributed by atoms with Crippen LogP contribution < -0.4 is 5.73 Å². The minimum atomic E-state index is -0.163. The van der Waals surface area contributed by atoms with E-state index in [0.29, 0.717) is 15.6 Å². The summed E-state index contributed by atoms with van der Waals surface area (Å²) in [5, 5.41) is 0.641. The third-order valence-corrected chi connectivity index (χ3v) is 5.04. The molecule has 0 fully saturated rings. The highest BCUT2D eigenvalue weighted by atomic mass is 35.5. The Morgan fingerprint density at radius 1 is 1.00 bits per heavy atom. The highest BCUT2D eigenvalue weighted by molar-refractivity contribution is 8.03. The van der Waals surface area contributed by atoms with Crippen molar-refractivity contribution in [2.75, 3.05) is 17.2 Å². The fraction of sp³-hybridized carbons (Fsp3) is 0.143. The zero-order valence-corrected chi connectivity index (χ0v) is 12.5. The van der Waals surface area contributed by atoms with Crippen LogP contribution in [0.25, 0.3) is 0 Å². The van der Waals surface area contributed by atoms with E-state index in [0.717, 1.165) is 16.4 Å².